The van der Waals surface area contributed by atoms with E-state index < -0.39 is 16.5 Å². The highest BCUT2D eigenvalue weighted by atomic mass is 35.6. The molecular weight excluding hydrogens is 300 g/mol. The number of ether oxygens (including phenoxy) is 1. The number of carbonyl (C=O) groups is 1. The highest BCUT2D eigenvalue weighted by Gasteiger charge is 2.22. The Balaban J connectivity index is 2.66. The molecule has 0 aliphatic heterocycles. The van der Waals surface area contributed by atoms with E-state index in [2.05, 4.69) is 9.73 Å². The summed E-state index contributed by atoms with van der Waals surface area (Å²) in [7, 11) is 0. The van der Waals surface area contributed by atoms with Crippen LogP contribution in [0.15, 0.2) is 29.3 Å². The molecule has 0 fully saturated rings. The standard InChI is InChI=1S/C10H10Cl3N3O2/c11-10(12,13)5-18-9(17)16-8(15)6-1-3-7(14)4-2-6/h1-4H,5,14H2,(H2,15,16,17). The molecule has 1 amide bonds. The van der Waals surface area contributed by atoms with Gasteiger partial charge in [-0.25, -0.2) is 4.79 Å². The normalized spacial score (nSPS) is 12.3. The third-order valence-electron chi connectivity index (χ3n) is 1.78. The molecule has 1 rings (SSSR count). The Morgan fingerprint density at radius 1 is 1.28 bits per heavy atom. The predicted octanol–water partition coefficient (Wildman–Crippen LogP) is 2.48. The second kappa shape index (κ2) is 6.13. The molecule has 0 unspecified atom stereocenters. The molecule has 8 heteroatoms. The number of alkyl halides is 3. The van der Waals surface area contributed by atoms with Crippen molar-refractivity contribution in [2.45, 2.75) is 3.79 Å². The van der Waals surface area contributed by atoms with Crippen LogP contribution in [0.5, 0.6) is 0 Å². The number of amides is 1. The highest BCUT2D eigenvalue weighted by Crippen LogP contribution is 2.26. The van der Waals surface area contributed by atoms with Crippen molar-refractivity contribution in [3.8, 4) is 0 Å². The monoisotopic (exact) mass is 309 g/mol. The fourth-order valence-corrected chi connectivity index (χ4v) is 1.16. The van der Waals surface area contributed by atoms with Crippen LogP contribution in [0.1, 0.15) is 5.56 Å². The van der Waals surface area contributed by atoms with Gasteiger partial charge in [0.25, 0.3) is 0 Å². The minimum absolute atomic E-state index is 0.00989. The van der Waals surface area contributed by atoms with Gasteiger partial charge in [0.2, 0.25) is 3.79 Å². The number of carbonyl (C=O) groups excluding carboxylic acids is 1. The van der Waals surface area contributed by atoms with Crippen molar-refractivity contribution < 1.29 is 9.53 Å². The van der Waals surface area contributed by atoms with Crippen molar-refractivity contribution in [3.63, 3.8) is 0 Å². The molecule has 5 nitrogen and oxygen atoms in total. The van der Waals surface area contributed by atoms with Gasteiger partial charge in [0.15, 0.2) is 0 Å². The van der Waals surface area contributed by atoms with Crippen molar-refractivity contribution in [1.29, 1.82) is 0 Å². The molecule has 0 atom stereocenters. The number of anilines is 1. The summed E-state index contributed by atoms with van der Waals surface area (Å²) in [5, 5.41) is 0. The first-order valence-corrected chi connectivity index (χ1v) is 5.85. The summed E-state index contributed by atoms with van der Waals surface area (Å²) in [5.41, 5.74) is 12.2. The van der Waals surface area contributed by atoms with E-state index >= 15 is 0 Å². The Bertz CT molecular complexity index is 454. The molecule has 0 heterocycles. The molecule has 18 heavy (non-hydrogen) atoms. The summed E-state index contributed by atoms with van der Waals surface area (Å²) in [6.07, 6.45) is -0.935. The lowest BCUT2D eigenvalue weighted by atomic mass is 10.2. The lowest BCUT2D eigenvalue weighted by Gasteiger charge is -2.09. The molecule has 0 aliphatic rings. The summed E-state index contributed by atoms with van der Waals surface area (Å²) >= 11 is 16.2. The maximum atomic E-state index is 11.3. The summed E-state index contributed by atoms with van der Waals surface area (Å²) in [6.45, 7) is -0.408. The van der Waals surface area contributed by atoms with Gasteiger partial charge in [0.1, 0.15) is 12.4 Å². The Kier molecular flexibility index (Phi) is 5.07. The maximum absolute atomic E-state index is 11.3. The van der Waals surface area contributed by atoms with Crippen LogP contribution in [0.2, 0.25) is 0 Å². The van der Waals surface area contributed by atoms with Crippen molar-refractivity contribution in [3.05, 3.63) is 29.8 Å². The first-order valence-electron chi connectivity index (χ1n) is 4.71. The van der Waals surface area contributed by atoms with Gasteiger partial charge in [-0.05, 0) is 24.3 Å². The predicted molar refractivity (Wildman–Crippen MR) is 73.2 cm³/mol. The molecule has 0 spiro atoms. The molecule has 98 valence electrons. The van der Waals surface area contributed by atoms with Crippen molar-refractivity contribution in [1.82, 2.24) is 0 Å². The number of hydrogen-bond donors (Lipinski definition) is 2. The topological polar surface area (TPSA) is 90.7 Å². The molecule has 0 saturated heterocycles. The second-order valence-electron chi connectivity index (χ2n) is 3.29. The van der Waals surface area contributed by atoms with Gasteiger partial charge in [-0.3, -0.25) is 0 Å². The van der Waals surface area contributed by atoms with E-state index in [1.54, 1.807) is 24.3 Å². The number of aliphatic imine (C=N–C) groups is 1. The summed E-state index contributed by atoms with van der Waals surface area (Å²) in [6, 6.07) is 6.50. The summed E-state index contributed by atoms with van der Waals surface area (Å²) < 4.78 is 2.92. The van der Waals surface area contributed by atoms with E-state index in [4.69, 9.17) is 46.3 Å². The minimum atomic E-state index is -1.68. The van der Waals surface area contributed by atoms with Gasteiger partial charge in [0, 0.05) is 11.3 Å². The summed E-state index contributed by atoms with van der Waals surface area (Å²) in [5.74, 6) is -0.00989. The van der Waals surface area contributed by atoms with Crippen LogP contribution in [-0.2, 0) is 4.74 Å². The van der Waals surface area contributed by atoms with Gasteiger partial charge in [0.05, 0.1) is 0 Å². The number of nitrogen functional groups attached to an aromatic ring is 1. The van der Waals surface area contributed by atoms with E-state index in [9.17, 15) is 4.79 Å². The van der Waals surface area contributed by atoms with Crippen LogP contribution in [0, 0.1) is 0 Å². The van der Waals surface area contributed by atoms with Crippen LogP contribution in [-0.4, -0.2) is 22.3 Å². The van der Waals surface area contributed by atoms with Crippen LogP contribution in [0.4, 0.5) is 10.5 Å². The number of benzene rings is 1. The smallest absolute Gasteiger partial charge is 0.435 e. The zero-order valence-electron chi connectivity index (χ0n) is 9.07. The van der Waals surface area contributed by atoms with Crippen LogP contribution >= 0.6 is 34.8 Å². The zero-order chi connectivity index (χ0) is 13.8. The summed E-state index contributed by atoms with van der Waals surface area (Å²) in [4.78, 5) is 14.7. The largest absolute Gasteiger partial charge is 0.443 e. The van der Waals surface area contributed by atoms with Gasteiger partial charge >= 0.3 is 6.09 Å². The average Bonchev–Trinajstić information content (AvgIpc) is 2.26. The lowest BCUT2D eigenvalue weighted by molar-refractivity contribution is 0.159. The Morgan fingerprint density at radius 3 is 2.33 bits per heavy atom. The molecule has 0 saturated carbocycles. The molecule has 0 radical (unpaired) electrons. The average molecular weight is 311 g/mol. The number of nitrogens with two attached hydrogens (primary N) is 2. The van der Waals surface area contributed by atoms with Crippen molar-refractivity contribution in [2.75, 3.05) is 12.3 Å². The third-order valence-corrected chi connectivity index (χ3v) is 2.10. The van der Waals surface area contributed by atoms with E-state index in [0.717, 1.165) is 0 Å². The number of hydrogen-bond acceptors (Lipinski definition) is 3. The Labute approximate surface area is 119 Å². The number of nitrogens with zero attached hydrogens (tertiary/aromatic N) is 1. The first kappa shape index (κ1) is 14.9. The van der Waals surface area contributed by atoms with Crippen molar-refractivity contribution >= 4 is 52.4 Å². The second-order valence-corrected chi connectivity index (χ2v) is 5.80. The van der Waals surface area contributed by atoms with Crippen LogP contribution < -0.4 is 11.5 Å². The molecule has 1 aromatic carbocycles. The van der Waals surface area contributed by atoms with Gasteiger partial charge in [-0.15, -0.1) is 0 Å². The fraction of sp³-hybridized carbons (Fsp3) is 0.200. The van der Waals surface area contributed by atoms with Gasteiger partial charge in [-0.2, -0.15) is 4.99 Å². The minimum Gasteiger partial charge on any atom is -0.443 e. The molecule has 4 N–H and O–H groups in total. The van der Waals surface area contributed by atoms with Crippen molar-refractivity contribution in [2.24, 2.45) is 10.7 Å². The van der Waals surface area contributed by atoms with Gasteiger partial charge < -0.3 is 16.2 Å². The lowest BCUT2D eigenvalue weighted by Crippen LogP contribution is -2.19. The number of halogens is 3. The van der Waals surface area contributed by atoms with E-state index in [1.807, 2.05) is 0 Å². The zero-order valence-corrected chi connectivity index (χ0v) is 11.3. The molecule has 0 aliphatic carbocycles. The molecule has 0 aromatic heterocycles. The van der Waals surface area contributed by atoms with Crippen LogP contribution in [0.25, 0.3) is 0 Å². The Morgan fingerprint density at radius 2 is 1.83 bits per heavy atom. The Hall–Kier alpha value is -1.17. The quantitative estimate of drug-likeness (QED) is 0.380. The number of amidine groups is 1. The third kappa shape index (κ3) is 5.44. The van der Waals surface area contributed by atoms with E-state index in [-0.39, 0.29) is 5.84 Å². The maximum Gasteiger partial charge on any atom is 0.435 e. The molecule has 1 aromatic rings. The number of rotatable bonds is 2. The highest BCUT2D eigenvalue weighted by molar-refractivity contribution is 6.67. The van der Waals surface area contributed by atoms with E-state index in [1.165, 1.54) is 0 Å². The van der Waals surface area contributed by atoms with E-state index in [0.29, 0.717) is 11.3 Å². The van der Waals surface area contributed by atoms with Gasteiger partial charge in [-0.1, -0.05) is 34.8 Å². The fourth-order valence-electron chi connectivity index (χ4n) is 0.993. The first-order chi connectivity index (χ1) is 8.28. The molecule has 0 bridgehead atoms. The molecular formula is C10H10Cl3N3O2. The van der Waals surface area contributed by atoms with Crippen LogP contribution in [0.3, 0.4) is 0 Å². The SMILES string of the molecule is NC(=NC(=O)OCC(Cl)(Cl)Cl)c1ccc(N)cc1.